The fourth-order valence-electron chi connectivity index (χ4n) is 2.92. The molecule has 1 aliphatic rings. The number of anilines is 1. The van der Waals surface area contributed by atoms with Crippen LogP contribution in [0.4, 0.5) is 17.1 Å². The Labute approximate surface area is 148 Å². The SMILES string of the molecule is CC1(C)Oc2ccc([N+](=O)[O-])cc2[C@@H](Nc2ccc([N+](=O)[O-])cc2)[C@@H]1O. The van der Waals surface area contributed by atoms with Gasteiger partial charge in [-0.1, -0.05) is 0 Å². The van der Waals surface area contributed by atoms with E-state index < -0.39 is 27.6 Å². The van der Waals surface area contributed by atoms with Crippen molar-refractivity contribution in [1.82, 2.24) is 0 Å². The van der Waals surface area contributed by atoms with Crippen LogP contribution in [0.5, 0.6) is 5.75 Å². The monoisotopic (exact) mass is 359 g/mol. The van der Waals surface area contributed by atoms with Gasteiger partial charge < -0.3 is 15.2 Å². The van der Waals surface area contributed by atoms with Gasteiger partial charge in [-0.25, -0.2) is 0 Å². The quantitative estimate of drug-likeness (QED) is 0.633. The zero-order valence-corrected chi connectivity index (χ0v) is 14.1. The van der Waals surface area contributed by atoms with Gasteiger partial charge in [-0.05, 0) is 32.0 Å². The number of hydrogen-bond acceptors (Lipinski definition) is 7. The first kappa shape index (κ1) is 17.6. The summed E-state index contributed by atoms with van der Waals surface area (Å²) >= 11 is 0. The maximum atomic E-state index is 11.1. The Morgan fingerprint density at radius 3 is 2.19 bits per heavy atom. The molecule has 2 N–H and O–H groups in total. The summed E-state index contributed by atoms with van der Waals surface area (Å²) in [6.45, 7) is 3.43. The van der Waals surface area contributed by atoms with Crippen molar-refractivity contribution in [3.63, 3.8) is 0 Å². The van der Waals surface area contributed by atoms with Gasteiger partial charge in [-0.3, -0.25) is 20.2 Å². The molecule has 2 aromatic rings. The largest absolute Gasteiger partial charge is 0.485 e. The molecule has 26 heavy (non-hydrogen) atoms. The van der Waals surface area contributed by atoms with Gasteiger partial charge in [0.25, 0.3) is 11.4 Å². The minimum Gasteiger partial charge on any atom is -0.485 e. The third-order valence-electron chi connectivity index (χ3n) is 4.34. The second-order valence-electron chi connectivity index (χ2n) is 6.56. The van der Waals surface area contributed by atoms with Gasteiger partial charge in [0.1, 0.15) is 17.5 Å². The van der Waals surface area contributed by atoms with Gasteiger partial charge in [0.05, 0.1) is 15.9 Å². The summed E-state index contributed by atoms with van der Waals surface area (Å²) in [6.07, 6.45) is -1.01. The van der Waals surface area contributed by atoms with E-state index in [1.807, 2.05) is 0 Å². The number of fused-ring (bicyclic) bond motifs is 1. The fourth-order valence-corrected chi connectivity index (χ4v) is 2.92. The fraction of sp³-hybridized carbons (Fsp3) is 0.294. The number of nitrogens with one attached hydrogen (secondary N) is 1. The predicted molar refractivity (Wildman–Crippen MR) is 93.3 cm³/mol. The van der Waals surface area contributed by atoms with E-state index in [0.29, 0.717) is 17.0 Å². The van der Waals surface area contributed by atoms with Crippen molar-refractivity contribution >= 4 is 17.1 Å². The first-order chi connectivity index (χ1) is 12.2. The molecule has 2 aromatic carbocycles. The van der Waals surface area contributed by atoms with E-state index in [9.17, 15) is 25.3 Å². The Morgan fingerprint density at radius 1 is 1.04 bits per heavy atom. The molecule has 1 heterocycles. The van der Waals surface area contributed by atoms with Crippen LogP contribution in [0.15, 0.2) is 42.5 Å². The van der Waals surface area contributed by atoms with Crippen molar-refractivity contribution in [3.05, 3.63) is 68.3 Å². The summed E-state index contributed by atoms with van der Waals surface area (Å²) in [7, 11) is 0. The van der Waals surface area contributed by atoms with Crippen LogP contribution in [0.1, 0.15) is 25.5 Å². The maximum Gasteiger partial charge on any atom is 0.270 e. The average Bonchev–Trinajstić information content (AvgIpc) is 2.58. The molecule has 0 fully saturated rings. The average molecular weight is 359 g/mol. The number of aliphatic hydroxyl groups excluding tert-OH is 1. The van der Waals surface area contributed by atoms with Gasteiger partial charge in [0.15, 0.2) is 0 Å². The van der Waals surface area contributed by atoms with Crippen molar-refractivity contribution in [1.29, 1.82) is 0 Å². The lowest BCUT2D eigenvalue weighted by molar-refractivity contribution is -0.385. The molecular weight excluding hydrogens is 342 g/mol. The molecule has 2 atom stereocenters. The van der Waals surface area contributed by atoms with Crippen molar-refractivity contribution in [2.45, 2.75) is 31.6 Å². The first-order valence-corrected chi connectivity index (χ1v) is 7.85. The summed E-state index contributed by atoms with van der Waals surface area (Å²) in [6, 6.07) is 9.24. The van der Waals surface area contributed by atoms with E-state index in [1.165, 1.54) is 42.5 Å². The molecule has 0 radical (unpaired) electrons. The van der Waals surface area contributed by atoms with Crippen molar-refractivity contribution in [3.8, 4) is 5.75 Å². The number of hydrogen-bond donors (Lipinski definition) is 2. The third-order valence-corrected chi connectivity index (χ3v) is 4.34. The van der Waals surface area contributed by atoms with Crippen molar-refractivity contribution < 1.29 is 19.7 Å². The minimum absolute atomic E-state index is 0.0561. The van der Waals surface area contributed by atoms with Crippen LogP contribution in [0.3, 0.4) is 0 Å². The van der Waals surface area contributed by atoms with Gasteiger partial charge in [0.2, 0.25) is 0 Å². The highest BCUT2D eigenvalue weighted by Crippen LogP contribution is 2.42. The number of ether oxygens (including phenoxy) is 1. The highest BCUT2D eigenvalue weighted by molar-refractivity contribution is 5.55. The van der Waals surface area contributed by atoms with E-state index in [0.717, 1.165) is 0 Å². The molecule has 0 spiro atoms. The zero-order chi connectivity index (χ0) is 19.1. The van der Waals surface area contributed by atoms with Gasteiger partial charge in [0, 0.05) is 35.5 Å². The Kier molecular flexibility index (Phi) is 4.25. The number of aliphatic hydroxyl groups is 1. The van der Waals surface area contributed by atoms with E-state index in [2.05, 4.69) is 5.32 Å². The van der Waals surface area contributed by atoms with Crippen LogP contribution in [0.25, 0.3) is 0 Å². The number of rotatable bonds is 4. The van der Waals surface area contributed by atoms with Crippen LogP contribution in [-0.4, -0.2) is 26.7 Å². The highest BCUT2D eigenvalue weighted by Gasteiger charge is 2.43. The van der Waals surface area contributed by atoms with E-state index in [4.69, 9.17) is 4.74 Å². The molecule has 9 nitrogen and oxygen atoms in total. The van der Waals surface area contributed by atoms with E-state index in [-0.39, 0.29) is 11.4 Å². The third kappa shape index (κ3) is 3.16. The molecule has 0 bridgehead atoms. The van der Waals surface area contributed by atoms with Gasteiger partial charge in [-0.15, -0.1) is 0 Å². The molecule has 9 heteroatoms. The van der Waals surface area contributed by atoms with Crippen LogP contribution in [0.2, 0.25) is 0 Å². The Morgan fingerprint density at radius 2 is 1.62 bits per heavy atom. The molecule has 1 aliphatic heterocycles. The standard InChI is InChI=1S/C17H17N3O6/c1-17(2)16(21)15(18-10-3-5-11(6-4-10)19(22)23)13-9-12(20(24)25)7-8-14(13)26-17/h3-9,15-16,18,21H,1-2H3/t15-,16+/m1/s1. The summed E-state index contributed by atoms with van der Waals surface area (Å²) in [5, 5.41) is 35.7. The van der Waals surface area contributed by atoms with Crippen molar-refractivity contribution in [2.75, 3.05) is 5.32 Å². The zero-order valence-electron chi connectivity index (χ0n) is 14.1. The van der Waals surface area contributed by atoms with E-state index >= 15 is 0 Å². The molecule has 0 aromatic heterocycles. The summed E-state index contributed by atoms with van der Waals surface area (Å²) < 4.78 is 5.78. The molecule has 0 aliphatic carbocycles. The Bertz CT molecular complexity index is 865. The van der Waals surface area contributed by atoms with Gasteiger partial charge >= 0.3 is 0 Å². The maximum absolute atomic E-state index is 11.1. The molecule has 0 amide bonds. The lowest BCUT2D eigenvalue weighted by Crippen LogP contribution is -2.50. The Hall–Kier alpha value is -3.20. The number of nitro benzene ring substituents is 2. The van der Waals surface area contributed by atoms with Gasteiger partial charge in [-0.2, -0.15) is 0 Å². The minimum atomic E-state index is -1.01. The number of benzene rings is 2. The molecule has 0 unspecified atom stereocenters. The molecule has 0 saturated carbocycles. The predicted octanol–water partition coefficient (Wildman–Crippen LogP) is 3.19. The smallest absolute Gasteiger partial charge is 0.270 e. The Balaban J connectivity index is 2.00. The van der Waals surface area contributed by atoms with Crippen molar-refractivity contribution in [2.24, 2.45) is 0 Å². The number of non-ortho nitro benzene ring substituents is 2. The first-order valence-electron chi connectivity index (χ1n) is 7.85. The van der Waals surface area contributed by atoms with Crippen LogP contribution in [0, 0.1) is 20.2 Å². The summed E-state index contributed by atoms with van der Waals surface area (Å²) in [4.78, 5) is 20.8. The molecular formula is C17H17N3O6. The topological polar surface area (TPSA) is 128 Å². The summed E-state index contributed by atoms with van der Waals surface area (Å²) in [5.41, 5.74) is -0.116. The molecule has 136 valence electrons. The normalized spacial score (nSPS) is 20.6. The van der Waals surface area contributed by atoms with Crippen LogP contribution in [-0.2, 0) is 0 Å². The second-order valence-corrected chi connectivity index (χ2v) is 6.56. The lowest BCUT2D eigenvalue weighted by Gasteiger charge is -2.42. The van der Waals surface area contributed by atoms with E-state index in [1.54, 1.807) is 13.8 Å². The number of nitrogens with zero attached hydrogens (tertiary/aromatic N) is 2. The van der Waals surface area contributed by atoms with Crippen LogP contribution < -0.4 is 10.1 Å². The lowest BCUT2D eigenvalue weighted by atomic mass is 9.86. The second kappa shape index (κ2) is 6.26. The molecule has 0 saturated heterocycles. The summed E-state index contributed by atoms with van der Waals surface area (Å²) in [5.74, 6) is 0.435. The molecule has 3 rings (SSSR count). The number of nitro groups is 2. The highest BCUT2D eigenvalue weighted by atomic mass is 16.6. The van der Waals surface area contributed by atoms with Crippen LogP contribution >= 0.6 is 0 Å².